The van der Waals surface area contributed by atoms with Crippen LogP contribution in [0.5, 0.6) is 0 Å². The van der Waals surface area contributed by atoms with Gasteiger partial charge in [-0.1, -0.05) is 73.8 Å². The second kappa shape index (κ2) is 15.6. The molecule has 0 atom stereocenters. The fourth-order valence-corrected chi connectivity index (χ4v) is 6.39. The van der Waals surface area contributed by atoms with Crippen molar-refractivity contribution < 1.29 is 38.8 Å². The average Bonchev–Trinajstić information content (AvgIpc) is 3.63. The van der Waals surface area contributed by atoms with Crippen molar-refractivity contribution in [2.24, 2.45) is 10.8 Å². The molecule has 1 N–H and O–H groups in total. The van der Waals surface area contributed by atoms with Crippen LogP contribution in [0.2, 0.25) is 0 Å². The number of furan rings is 2. The maximum Gasteiger partial charge on any atom is 0.221 e. The van der Waals surface area contributed by atoms with Crippen molar-refractivity contribution in [3.05, 3.63) is 77.9 Å². The third-order valence-electron chi connectivity index (χ3n) is 9.83. The first kappa shape index (κ1) is 39.2. The summed E-state index contributed by atoms with van der Waals surface area (Å²) >= 11 is 1.61. The summed E-state index contributed by atoms with van der Waals surface area (Å²) in [5, 5.41) is 14.8. The van der Waals surface area contributed by atoms with Gasteiger partial charge in [-0.05, 0) is 61.6 Å². The van der Waals surface area contributed by atoms with Gasteiger partial charge in [0.05, 0.1) is 5.39 Å². The number of nitrogens with zero attached hydrogens (tertiary/aromatic N) is 2. The van der Waals surface area contributed by atoms with Gasteiger partial charge in [0.1, 0.15) is 29.0 Å². The van der Waals surface area contributed by atoms with Crippen LogP contribution in [0.15, 0.2) is 74.2 Å². The summed E-state index contributed by atoms with van der Waals surface area (Å²) in [5.41, 5.74) is 4.37. The van der Waals surface area contributed by atoms with Crippen molar-refractivity contribution in [2.45, 2.75) is 105 Å². The van der Waals surface area contributed by atoms with Crippen molar-refractivity contribution in [2.75, 3.05) is 0 Å². The summed E-state index contributed by atoms with van der Waals surface area (Å²) in [5.74, 6) is 1.14. The summed E-state index contributed by atoms with van der Waals surface area (Å²) in [7, 11) is 0. The van der Waals surface area contributed by atoms with Gasteiger partial charge in [0.25, 0.3) is 0 Å². The zero-order chi connectivity index (χ0) is 34.7. The summed E-state index contributed by atoms with van der Waals surface area (Å²) in [6.07, 6.45) is 6.30. The Bertz CT molecular complexity index is 1940. The number of benzene rings is 2. The van der Waals surface area contributed by atoms with Crippen LogP contribution in [0.25, 0.3) is 44.3 Å². The third-order valence-corrected chi connectivity index (χ3v) is 10.6. The van der Waals surface area contributed by atoms with Crippen molar-refractivity contribution in [3.8, 4) is 11.3 Å². The number of ketones is 1. The number of allylic oxidation sites excluding steroid dienone is 2. The van der Waals surface area contributed by atoms with E-state index in [9.17, 15) is 9.90 Å². The molecule has 1 radical (unpaired) electrons. The fraction of sp³-hybridized carbons (Fsp3) is 0.425. The molecule has 0 unspecified atom stereocenters. The first-order valence-corrected chi connectivity index (χ1v) is 17.4. The normalized spacial score (nSPS) is 12.6. The van der Waals surface area contributed by atoms with Gasteiger partial charge in [0.15, 0.2) is 5.78 Å². The number of hydrogen-bond acceptors (Lipinski definition) is 7. The van der Waals surface area contributed by atoms with Gasteiger partial charge in [0.2, 0.25) is 5.71 Å². The van der Waals surface area contributed by atoms with E-state index in [1.807, 2.05) is 78.1 Å². The van der Waals surface area contributed by atoms with Gasteiger partial charge in [-0.3, -0.25) is 9.78 Å². The minimum absolute atomic E-state index is 0. The van der Waals surface area contributed by atoms with Gasteiger partial charge in [-0.2, -0.15) is 11.8 Å². The molecule has 8 heteroatoms. The molecule has 48 heavy (non-hydrogen) atoms. The molecule has 0 saturated heterocycles. The molecule has 3 heterocycles. The number of carbonyl (C=O) groups excluding carboxylic acids is 1. The van der Waals surface area contributed by atoms with Crippen molar-refractivity contribution in [3.63, 3.8) is 0 Å². The molecule has 2 aromatic carbocycles. The zero-order valence-electron chi connectivity index (χ0n) is 30.0. The number of rotatable bonds is 10. The van der Waals surface area contributed by atoms with Crippen molar-refractivity contribution >= 4 is 50.6 Å². The number of fused-ring (bicyclic) bond motifs is 5. The molecule has 0 aliphatic rings. The predicted octanol–water partition coefficient (Wildman–Crippen LogP) is 12.1. The first-order chi connectivity index (χ1) is 22.2. The smallest absolute Gasteiger partial charge is 0.221 e. The Kier molecular flexibility index (Phi) is 12.7. The van der Waals surface area contributed by atoms with Crippen LogP contribution < -0.4 is 0 Å². The number of aliphatic hydroxyl groups excluding tert-OH is 1. The van der Waals surface area contributed by atoms with E-state index in [-0.39, 0.29) is 47.9 Å². The van der Waals surface area contributed by atoms with E-state index in [2.05, 4.69) is 49.5 Å². The molecule has 6 nitrogen and oxygen atoms in total. The zero-order valence-corrected chi connectivity index (χ0v) is 33.2. The maximum atomic E-state index is 12.2. The molecule has 0 bridgehead atoms. The number of aryl methyl sites for hydroxylation is 1. The minimum atomic E-state index is -0.337. The molecule has 0 amide bonds. The van der Waals surface area contributed by atoms with Crippen LogP contribution in [-0.4, -0.2) is 20.9 Å². The summed E-state index contributed by atoms with van der Waals surface area (Å²) in [6.45, 7) is 24.5. The molecular weight excluding hydrogens is 797 g/mol. The Morgan fingerprint density at radius 3 is 2.19 bits per heavy atom. The number of aliphatic hydroxyl groups is 1. The molecule has 0 fully saturated rings. The van der Waals surface area contributed by atoms with Crippen molar-refractivity contribution in [1.82, 2.24) is 9.97 Å². The van der Waals surface area contributed by atoms with Gasteiger partial charge < -0.3 is 13.9 Å². The van der Waals surface area contributed by atoms with Crippen LogP contribution in [0.3, 0.4) is 0 Å². The van der Waals surface area contributed by atoms with Crippen LogP contribution in [0.1, 0.15) is 99.3 Å². The molecule has 0 aliphatic carbocycles. The molecule has 5 rings (SSSR count). The minimum Gasteiger partial charge on any atom is -0.512 e. The Morgan fingerprint density at radius 2 is 1.60 bits per heavy atom. The maximum absolute atomic E-state index is 12.2. The summed E-state index contributed by atoms with van der Waals surface area (Å²) in [4.78, 5) is 22.4. The van der Waals surface area contributed by atoms with Crippen molar-refractivity contribution in [1.29, 1.82) is 0 Å². The van der Waals surface area contributed by atoms with E-state index in [4.69, 9.17) is 8.83 Å². The standard InChI is InChI=1S/C25H21N2O2S.C15H28O2.Ir/c1-6-30-19-10-8-15(12-17(19)25(3,4)5)22-21-20-18(29-24(21)27-13-26-22)9-7-16-11-14(2)28-23(16)20;1-7-14(5,8-2)12(16)11-13(17)15(6,9-3)10-4;/h6-7,9-13H,1H2,2-5H3;11,16H,7-10H2,1-6H3;/q-1;;/b;12-11-;. The molecular formula is C40H49IrN2O4S-. The molecule has 0 spiro atoms. The van der Waals surface area contributed by atoms with Crippen LogP contribution in [-0.2, 0) is 30.3 Å². The largest absolute Gasteiger partial charge is 0.512 e. The van der Waals surface area contributed by atoms with E-state index in [0.717, 1.165) is 74.9 Å². The predicted molar refractivity (Wildman–Crippen MR) is 196 cm³/mol. The number of thioether (sulfide) groups is 1. The van der Waals surface area contributed by atoms with Crippen LogP contribution in [0.4, 0.5) is 0 Å². The molecule has 0 aliphatic heterocycles. The van der Waals surface area contributed by atoms with E-state index in [1.165, 1.54) is 11.6 Å². The number of hydrogen-bond donors (Lipinski definition) is 1. The monoisotopic (exact) mass is 846 g/mol. The second-order valence-electron chi connectivity index (χ2n) is 13.8. The van der Waals surface area contributed by atoms with E-state index in [0.29, 0.717) is 5.71 Å². The molecule has 0 saturated carbocycles. The fourth-order valence-electron chi connectivity index (χ4n) is 5.59. The van der Waals surface area contributed by atoms with Gasteiger partial charge in [-0.15, -0.1) is 29.3 Å². The topological polar surface area (TPSA) is 89.4 Å². The van der Waals surface area contributed by atoms with Gasteiger partial charge >= 0.3 is 0 Å². The quantitative estimate of drug-likeness (QED) is 0.0648. The van der Waals surface area contributed by atoms with E-state index >= 15 is 0 Å². The van der Waals surface area contributed by atoms with Crippen LogP contribution >= 0.6 is 11.8 Å². The third kappa shape index (κ3) is 7.82. The van der Waals surface area contributed by atoms with Gasteiger partial charge in [0, 0.05) is 53.5 Å². The Morgan fingerprint density at radius 1 is 0.958 bits per heavy atom. The van der Waals surface area contributed by atoms with E-state index < -0.39 is 0 Å². The second-order valence-corrected chi connectivity index (χ2v) is 14.8. The average molecular weight is 846 g/mol. The number of aromatic nitrogens is 2. The van der Waals surface area contributed by atoms with Crippen LogP contribution in [0, 0.1) is 23.8 Å². The SMILES string of the molecule is C=CSc1c[c-]c(-c2ncnc3oc4ccc5cc(C)oc5c4c23)cc1C(C)(C)C.CCC(C)(CC)C(=O)/C=C(\O)C(C)(CC)CC.[Ir]. The molecule has 3 aromatic heterocycles. The molecule has 5 aromatic rings. The Labute approximate surface area is 303 Å². The summed E-state index contributed by atoms with van der Waals surface area (Å²) in [6, 6.07) is 13.6. The molecule has 259 valence electrons. The van der Waals surface area contributed by atoms with E-state index in [1.54, 1.807) is 18.1 Å². The number of carbonyl (C=O) groups is 1. The first-order valence-electron chi connectivity index (χ1n) is 16.5. The van der Waals surface area contributed by atoms with Gasteiger partial charge in [-0.25, -0.2) is 4.98 Å². The summed E-state index contributed by atoms with van der Waals surface area (Å²) < 4.78 is 12.1. The Balaban J connectivity index is 0.000000301. The Hall–Kier alpha value is -3.19.